The van der Waals surface area contributed by atoms with Crippen LogP contribution in [0.15, 0.2) is 71.5 Å². The van der Waals surface area contributed by atoms with Crippen LogP contribution in [-0.2, 0) is 9.59 Å². The molecule has 1 heterocycles. The Morgan fingerprint density at radius 3 is 2.39 bits per heavy atom. The zero-order valence-electron chi connectivity index (χ0n) is 14.9. The average molecular weight is 393 g/mol. The molecule has 0 N–H and O–H groups in total. The van der Waals surface area contributed by atoms with Crippen molar-refractivity contribution in [2.45, 2.75) is 6.92 Å². The average Bonchev–Trinajstić information content (AvgIpc) is 2.91. The molecule has 0 spiro atoms. The Morgan fingerprint density at radius 1 is 1.07 bits per heavy atom. The third-order valence-electron chi connectivity index (χ3n) is 3.87. The number of allylic oxidation sites excluding steroid dienone is 1. The topological polar surface area (TPSA) is 53.0 Å². The monoisotopic (exact) mass is 393 g/mol. The summed E-state index contributed by atoms with van der Waals surface area (Å²) in [6.07, 6.45) is 6.40. The van der Waals surface area contributed by atoms with Crippen LogP contribution in [0.25, 0.3) is 12.2 Å². The number of thiocarbonyl (C=S) groups is 1. The first-order chi connectivity index (χ1) is 13.5. The van der Waals surface area contributed by atoms with Gasteiger partial charge in [-0.25, -0.2) is 9.29 Å². The van der Waals surface area contributed by atoms with E-state index < -0.39 is 17.6 Å². The Balaban J connectivity index is 1.85. The van der Waals surface area contributed by atoms with Crippen LogP contribution in [-0.4, -0.2) is 33.1 Å². The molecule has 0 unspecified atom stereocenters. The van der Waals surface area contributed by atoms with Gasteiger partial charge in [-0.05, 0) is 47.6 Å². The second-order valence-electron chi connectivity index (χ2n) is 5.87. The molecular formula is C21H16FN3O2S. The van der Waals surface area contributed by atoms with Crippen molar-refractivity contribution in [3.05, 3.63) is 83.3 Å². The number of hydrogen-bond acceptors (Lipinski definition) is 4. The molecule has 1 saturated heterocycles. The van der Waals surface area contributed by atoms with E-state index in [1.165, 1.54) is 43.5 Å². The van der Waals surface area contributed by atoms with Crippen molar-refractivity contribution in [3.8, 4) is 0 Å². The molecule has 2 aromatic carbocycles. The number of rotatable bonds is 4. The van der Waals surface area contributed by atoms with Gasteiger partial charge in [0.25, 0.3) is 5.91 Å². The van der Waals surface area contributed by atoms with Crippen LogP contribution >= 0.6 is 12.2 Å². The van der Waals surface area contributed by atoms with E-state index in [-0.39, 0.29) is 10.8 Å². The Bertz CT molecular complexity index is 998. The van der Waals surface area contributed by atoms with Gasteiger partial charge >= 0.3 is 0 Å². The Labute approximate surface area is 167 Å². The van der Waals surface area contributed by atoms with Crippen LogP contribution in [0.1, 0.15) is 18.1 Å². The van der Waals surface area contributed by atoms with Crippen LogP contribution in [0.4, 0.5) is 4.39 Å². The molecule has 0 saturated carbocycles. The van der Waals surface area contributed by atoms with Gasteiger partial charge in [-0.15, -0.1) is 0 Å². The van der Waals surface area contributed by atoms with Gasteiger partial charge in [0.05, 0.1) is 0 Å². The molecule has 3 rings (SSSR count). The summed E-state index contributed by atoms with van der Waals surface area (Å²) in [6.45, 7) is 1.31. The second kappa shape index (κ2) is 8.49. The molecule has 0 aromatic heterocycles. The van der Waals surface area contributed by atoms with Crippen LogP contribution in [0, 0.1) is 5.82 Å². The lowest BCUT2D eigenvalue weighted by Gasteiger charge is -2.13. The smallest absolute Gasteiger partial charge is 0.274 e. The predicted octanol–water partition coefficient (Wildman–Crippen LogP) is 3.84. The highest BCUT2D eigenvalue weighted by molar-refractivity contribution is 7.80. The van der Waals surface area contributed by atoms with E-state index >= 15 is 0 Å². The Morgan fingerprint density at radius 2 is 1.75 bits per heavy atom. The zero-order valence-corrected chi connectivity index (χ0v) is 15.8. The number of carbonyl (C=O) groups is 2. The highest BCUT2D eigenvalue weighted by atomic mass is 32.1. The summed E-state index contributed by atoms with van der Waals surface area (Å²) in [5.74, 6) is -1.34. The van der Waals surface area contributed by atoms with Gasteiger partial charge in [0.1, 0.15) is 11.5 Å². The van der Waals surface area contributed by atoms with Gasteiger partial charge in [-0.2, -0.15) is 10.1 Å². The molecule has 1 fully saturated rings. The Kier molecular flexibility index (Phi) is 5.86. The van der Waals surface area contributed by atoms with E-state index in [4.69, 9.17) is 12.2 Å². The van der Waals surface area contributed by atoms with Crippen molar-refractivity contribution in [2.24, 2.45) is 5.10 Å². The summed E-state index contributed by atoms with van der Waals surface area (Å²) in [7, 11) is 0. The van der Waals surface area contributed by atoms with Crippen molar-refractivity contribution in [2.75, 3.05) is 0 Å². The summed E-state index contributed by atoms with van der Waals surface area (Å²) >= 11 is 5.24. The van der Waals surface area contributed by atoms with Crippen molar-refractivity contribution in [1.29, 1.82) is 0 Å². The van der Waals surface area contributed by atoms with Crippen molar-refractivity contribution < 1.29 is 14.0 Å². The lowest BCUT2D eigenvalue weighted by molar-refractivity contribution is -0.126. The maximum atomic E-state index is 13.1. The van der Waals surface area contributed by atoms with Gasteiger partial charge in [-0.3, -0.25) is 9.59 Å². The Hall–Kier alpha value is -3.45. The number of halogens is 1. The molecule has 0 atom stereocenters. The lowest BCUT2D eigenvalue weighted by atomic mass is 10.2. The first-order valence-corrected chi connectivity index (χ1v) is 8.80. The minimum Gasteiger partial charge on any atom is -0.274 e. The number of nitrogens with zero attached hydrogens (tertiary/aromatic N) is 3. The van der Waals surface area contributed by atoms with E-state index in [0.717, 1.165) is 15.5 Å². The van der Waals surface area contributed by atoms with Crippen LogP contribution < -0.4 is 0 Å². The maximum Gasteiger partial charge on any atom is 0.297 e. The predicted molar refractivity (Wildman–Crippen MR) is 110 cm³/mol. The summed E-state index contributed by atoms with van der Waals surface area (Å²) < 4.78 is 13.1. The van der Waals surface area contributed by atoms with E-state index in [9.17, 15) is 14.0 Å². The zero-order chi connectivity index (χ0) is 20.1. The molecular weight excluding hydrogens is 377 g/mol. The second-order valence-corrected chi connectivity index (χ2v) is 6.23. The first kappa shape index (κ1) is 19.3. The van der Waals surface area contributed by atoms with Crippen LogP contribution in [0.3, 0.4) is 0 Å². The molecule has 0 radical (unpaired) electrons. The quantitative estimate of drug-likeness (QED) is 0.451. The minimum absolute atomic E-state index is 0.0322. The van der Waals surface area contributed by atoms with E-state index in [1.807, 2.05) is 36.4 Å². The summed E-state index contributed by atoms with van der Waals surface area (Å²) in [5.41, 5.74) is 1.61. The van der Waals surface area contributed by atoms with Crippen LogP contribution in [0.5, 0.6) is 0 Å². The van der Waals surface area contributed by atoms with Crippen molar-refractivity contribution >= 4 is 47.5 Å². The first-order valence-electron chi connectivity index (χ1n) is 8.39. The van der Waals surface area contributed by atoms with E-state index in [0.29, 0.717) is 5.56 Å². The van der Waals surface area contributed by atoms with Crippen molar-refractivity contribution in [3.63, 3.8) is 0 Å². The molecule has 0 aliphatic carbocycles. The molecule has 7 heteroatoms. The van der Waals surface area contributed by atoms with Gasteiger partial charge < -0.3 is 0 Å². The fourth-order valence-corrected chi connectivity index (χ4v) is 2.92. The van der Waals surface area contributed by atoms with Gasteiger partial charge in [0.15, 0.2) is 0 Å². The molecule has 2 amide bonds. The molecule has 28 heavy (non-hydrogen) atoms. The molecule has 0 bridgehead atoms. The number of hydrazone groups is 1. The fourth-order valence-electron chi connectivity index (χ4n) is 2.56. The molecule has 1 aliphatic rings. The largest absolute Gasteiger partial charge is 0.297 e. The van der Waals surface area contributed by atoms with Gasteiger partial charge in [0.2, 0.25) is 11.0 Å². The highest BCUT2D eigenvalue weighted by Crippen LogP contribution is 2.24. The molecule has 1 aliphatic heterocycles. The summed E-state index contributed by atoms with van der Waals surface area (Å²) in [5, 5.41) is 5.03. The third kappa shape index (κ3) is 4.27. The maximum absolute atomic E-state index is 13.1. The summed E-state index contributed by atoms with van der Waals surface area (Å²) in [6, 6.07) is 15.1. The molecule has 140 valence electrons. The summed E-state index contributed by atoms with van der Waals surface area (Å²) in [4.78, 5) is 25.9. The van der Waals surface area contributed by atoms with Gasteiger partial charge in [0, 0.05) is 13.1 Å². The fraction of sp³-hybridized carbons (Fsp3) is 0.0476. The van der Waals surface area contributed by atoms with Crippen LogP contribution in [0.2, 0.25) is 0 Å². The molecule has 2 aromatic rings. The standard InChI is InChI=1S/C21H16FN3O2S/c1-15(26)24-19(14-17-9-11-18(22)12-10-17)20(27)25(21(24)28)23-13-5-8-16-6-3-2-4-7-16/h2-14H,1H3. The van der Waals surface area contributed by atoms with E-state index in [2.05, 4.69) is 5.10 Å². The van der Waals surface area contributed by atoms with E-state index in [1.54, 1.807) is 6.08 Å². The SMILES string of the molecule is CC(=O)N1C(=S)N(N=CC=Cc2ccccc2)C(=O)C1=Cc1ccc(F)cc1. The number of carbonyl (C=O) groups excluding carboxylic acids is 2. The third-order valence-corrected chi connectivity index (χ3v) is 4.23. The van der Waals surface area contributed by atoms with Crippen molar-refractivity contribution in [1.82, 2.24) is 9.91 Å². The number of hydrogen-bond donors (Lipinski definition) is 0. The molecule has 5 nitrogen and oxygen atoms in total. The van der Waals surface area contributed by atoms with Gasteiger partial charge in [-0.1, -0.05) is 48.5 Å². The number of benzene rings is 2. The highest BCUT2D eigenvalue weighted by Gasteiger charge is 2.40. The minimum atomic E-state index is -0.533. The lowest BCUT2D eigenvalue weighted by Crippen LogP contribution is -2.32. The normalized spacial score (nSPS) is 16.1. The number of amides is 2.